The Kier molecular flexibility index (Phi) is 3.42. The minimum Gasteiger partial charge on any atom is -0.492 e. The van der Waals surface area contributed by atoms with Crippen molar-refractivity contribution < 1.29 is 4.74 Å². The number of hydrogen-bond donors (Lipinski definition) is 0. The zero-order valence-electron chi connectivity index (χ0n) is 13.2. The highest BCUT2D eigenvalue weighted by molar-refractivity contribution is 6.30. The quantitative estimate of drug-likeness (QED) is 0.843. The number of anilines is 2. The summed E-state index contributed by atoms with van der Waals surface area (Å²) in [7, 11) is 4.06. The van der Waals surface area contributed by atoms with Crippen molar-refractivity contribution in [1.29, 1.82) is 0 Å². The standard InChI is InChI=1S/C18H18ClN3O/c1-21(2)15-7-8-16-17(9-15)23-11-12-10-22(20-18(12)16)14-5-3-13(19)4-6-14/h3-9,12H,10-11H2,1-2H3. The third-order valence-corrected chi connectivity index (χ3v) is 4.58. The third-order valence-electron chi connectivity index (χ3n) is 4.33. The zero-order valence-corrected chi connectivity index (χ0v) is 13.9. The number of benzene rings is 2. The molecule has 0 N–H and O–H groups in total. The van der Waals surface area contributed by atoms with Gasteiger partial charge in [0.05, 0.1) is 30.5 Å². The maximum absolute atomic E-state index is 5.98. The van der Waals surface area contributed by atoms with E-state index in [1.807, 2.05) is 43.4 Å². The maximum Gasteiger partial charge on any atom is 0.130 e. The summed E-state index contributed by atoms with van der Waals surface area (Å²) in [5, 5.41) is 7.61. The van der Waals surface area contributed by atoms with E-state index in [9.17, 15) is 0 Å². The molecule has 0 fully saturated rings. The Labute approximate surface area is 140 Å². The van der Waals surface area contributed by atoms with Gasteiger partial charge in [0.1, 0.15) is 5.75 Å². The van der Waals surface area contributed by atoms with E-state index in [2.05, 4.69) is 23.1 Å². The largest absolute Gasteiger partial charge is 0.492 e. The summed E-state index contributed by atoms with van der Waals surface area (Å²) < 4.78 is 5.98. The highest BCUT2D eigenvalue weighted by atomic mass is 35.5. The van der Waals surface area contributed by atoms with Crippen LogP contribution in [0, 0.1) is 5.92 Å². The molecule has 0 spiro atoms. The van der Waals surface area contributed by atoms with Crippen LogP contribution in [0.3, 0.4) is 0 Å². The molecule has 4 rings (SSSR count). The summed E-state index contributed by atoms with van der Waals surface area (Å²) in [6.45, 7) is 1.51. The molecule has 118 valence electrons. The van der Waals surface area contributed by atoms with E-state index in [0.717, 1.165) is 40.0 Å². The van der Waals surface area contributed by atoms with Crippen LogP contribution in [0.5, 0.6) is 5.75 Å². The van der Waals surface area contributed by atoms with Gasteiger partial charge in [-0.25, -0.2) is 0 Å². The number of rotatable bonds is 2. The van der Waals surface area contributed by atoms with Gasteiger partial charge in [0.25, 0.3) is 0 Å². The lowest BCUT2D eigenvalue weighted by Crippen LogP contribution is -2.29. The molecule has 2 heterocycles. The number of nitrogens with zero attached hydrogens (tertiary/aromatic N) is 3. The smallest absolute Gasteiger partial charge is 0.130 e. The number of ether oxygens (including phenoxy) is 1. The molecule has 0 amide bonds. The Morgan fingerprint density at radius 2 is 1.96 bits per heavy atom. The summed E-state index contributed by atoms with van der Waals surface area (Å²) >= 11 is 5.97. The summed E-state index contributed by atoms with van der Waals surface area (Å²) in [5.41, 5.74) is 4.41. The van der Waals surface area contributed by atoms with Gasteiger partial charge in [0, 0.05) is 36.4 Å². The van der Waals surface area contributed by atoms with E-state index in [0.29, 0.717) is 12.5 Å². The van der Waals surface area contributed by atoms with E-state index in [4.69, 9.17) is 21.4 Å². The first kappa shape index (κ1) is 14.4. The summed E-state index contributed by atoms with van der Waals surface area (Å²) in [4.78, 5) is 2.08. The normalized spacial score (nSPS) is 18.8. The second kappa shape index (κ2) is 5.46. The molecule has 5 heteroatoms. The van der Waals surface area contributed by atoms with Gasteiger partial charge in [-0.2, -0.15) is 5.10 Å². The van der Waals surface area contributed by atoms with Gasteiger partial charge >= 0.3 is 0 Å². The van der Waals surface area contributed by atoms with Gasteiger partial charge in [-0.1, -0.05) is 11.6 Å². The molecule has 4 nitrogen and oxygen atoms in total. The van der Waals surface area contributed by atoms with Crippen molar-refractivity contribution in [3.8, 4) is 5.75 Å². The van der Waals surface area contributed by atoms with E-state index in [-0.39, 0.29) is 0 Å². The fraction of sp³-hybridized carbons (Fsp3) is 0.278. The molecule has 1 atom stereocenters. The molecular weight excluding hydrogens is 310 g/mol. The van der Waals surface area contributed by atoms with E-state index in [1.54, 1.807) is 0 Å². The lowest BCUT2D eigenvalue weighted by molar-refractivity contribution is 0.280. The molecule has 0 aliphatic carbocycles. The predicted molar refractivity (Wildman–Crippen MR) is 95.1 cm³/mol. The Morgan fingerprint density at radius 1 is 1.17 bits per heavy atom. The predicted octanol–water partition coefficient (Wildman–Crippen LogP) is 3.64. The van der Waals surface area contributed by atoms with Crippen LogP contribution in [0.25, 0.3) is 0 Å². The van der Waals surface area contributed by atoms with Crippen LogP contribution in [0.15, 0.2) is 47.6 Å². The highest BCUT2D eigenvalue weighted by Crippen LogP contribution is 2.35. The lowest BCUT2D eigenvalue weighted by atomic mass is 9.94. The molecular formula is C18H18ClN3O. The van der Waals surface area contributed by atoms with E-state index >= 15 is 0 Å². The van der Waals surface area contributed by atoms with Gasteiger partial charge in [0.15, 0.2) is 0 Å². The third kappa shape index (κ3) is 2.53. The summed E-state index contributed by atoms with van der Waals surface area (Å²) in [6.07, 6.45) is 0. The zero-order chi connectivity index (χ0) is 16.0. The number of hydrazone groups is 1. The van der Waals surface area contributed by atoms with Crippen molar-refractivity contribution in [2.24, 2.45) is 11.0 Å². The average Bonchev–Trinajstić information content (AvgIpc) is 2.99. The van der Waals surface area contributed by atoms with Crippen LogP contribution in [0.2, 0.25) is 5.02 Å². The average molecular weight is 328 g/mol. The summed E-state index contributed by atoms with van der Waals surface area (Å²) in [5.74, 6) is 1.23. The molecule has 0 bridgehead atoms. The van der Waals surface area contributed by atoms with Crippen molar-refractivity contribution in [3.63, 3.8) is 0 Å². The highest BCUT2D eigenvalue weighted by Gasteiger charge is 2.34. The van der Waals surface area contributed by atoms with Crippen LogP contribution in [0.1, 0.15) is 5.56 Å². The van der Waals surface area contributed by atoms with Gasteiger partial charge in [0.2, 0.25) is 0 Å². The van der Waals surface area contributed by atoms with Crippen molar-refractivity contribution in [2.45, 2.75) is 0 Å². The monoisotopic (exact) mass is 327 g/mol. The molecule has 2 aromatic rings. The van der Waals surface area contributed by atoms with E-state index < -0.39 is 0 Å². The topological polar surface area (TPSA) is 28.1 Å². The van der Waals surface area contributed by atoms with Crippen LogP contribution in [-0.4, -0.2) is 33.0 Å². The second-order valence-corrected chi connectivity index (χ2v) is 6.56. The lowest BCUT2D eigenvalue weighted by Gasteiger charge is -2.24. The Bertz CT molecular complexity index is 770. The van der Waals surface area contributed by atoms with Crippen molar-refractivity contribution in [1.82, 2.24) is 0 Å². The van der Waals surface area contributed by atoms with Crippen molar-refractivity contribution in [2.75, 3.05) is 37.2 Å². The van der Waals surface area contributed by atoms with Crippen LogP contribution < -0.4 is 14.6 Å². The SMILES string of the molecule is CN(C)c1ccc2c(c1)OCC1CN(c3ccc(Cl)cc3)N=C21. The van der Waals surface area contributed by atoms with Gasteiger partial charge < -0.3 is 9.64 Å². The van der Waals surface area contributed by atoms with Crippen LogP contribution in [-0.2, 0) is 0 Å². The Morgan fingerprint density at radius 3 is 2.70 bits per heavy atom. The minimum atomic E-state index is 0.309. The number of halogens is 1. The molecule has 2 aliphatic rings. The van der Waals surface area contributed by atoms with Crippen LogP contribution >= 0.6 is 11.6 Å². The van der Waals surface area contributed by atoms with Gasteiger partial charge in [-0.15, -0.1) is 0 Å². The maximum atomic E-state index is 5.98. The summed E-state index contributed by atoms with van der Waals surface area (Å²) in [6, 6.07) is 14.1. The second-order valence-electron chi connectivity index (χ2n) is 6.13. The van der Waals surface area contributed by atoms with Crippen LogP contribution in [0.4, 0.5) is 11.4 Å². The van der Waals surface area contributed by atoms with E-state index in [1.165, 1.54) is 0 Å². The Balaban J connectivity index is 1.69. The molecule has 0 saturated carbocycles. The number of hydrogen-bond acceptors (Lipinski definition) is 4. The molecule has 2 aliphatic heterocycles. The van der Waals surface area contributed by atoms with Gasteiger partial charge in [-0.3, -0.25) is 5.01 Å². The molecule has 2 aromatic carbocycles. The first-order valence-electron chi connectivity index (χ1n) is 7.68. The fourth-order valence-electron chi connectivity index (χ4n) is 3.04. The molecule has 1 unspecified atom stereocenters. The minimum absolute atomic E-state index is 0.309. The number of fused-ring (bicyclic) bond motifs is 3. The molecule has 0 saturated heterocycles. The Hall–Kier alpha value is -2.20. The molecule has 0 aromatic heterocycles. The molecule has 0 radical (unpaired) electrons. The first-order valence-corrected chi connectivity index (χ1v) is 8.06. The van der Waals surface area contributed by atoms with Crippen molar-refractivity contribution in [3.05, 3.63) is 53.1 Å². The first-order chi connectivity index (χ1) is 11.1. The van der Waals surface area contributed by atoms with Gasteiger partial charge in [-0.05, 0) is 36.4 Å². The fourth-order valence-corrected chi connectivity index (χ4v) is 3.17. The van der Waals surface area contributed by atoms with Crippen molar-refractivity contribution >= 4 is 28.7 Å². The molecule has 23 heavy (non-hydrogen) atoms.